The van der Waals surface area contributed by atoms with E-state index in [1.807, 2.05) is 36.4 Å². The Hall–Kier alpha value is -8.64. The number of aliphatic hydroxyl groups is 1. The van der Waals surface area contributed by atoms with Crippen LogP contribution >= 0.6 is 0 Å². The first kappa shape index (κ1) is 77.1. The number of nitrogens with zero attached hydrogens (tertiary/aromatic N) is 1. The van der Waals surface area contributed by atoms with E-state index in [1.54, 1.807) is 26.8 Å². The molecule has 0 bridgehead atoms. The van der Waals surface area contributed by atoms with Crippen molar-refractivity contribution in [1.29, 1.82) is 0 Å². The Morgan fingerprint density at radius 2 is 0.910 bits per heavy atom. The van der Waals surface area contributed by atoms with Crippen LogP contribution in [0.4, 0.5) is 0 Å². The van der Waals surface area contributed by atoms with Crippen molar-refractivity contribution in [1.82, 2.24) is 10.2 Å². The Balaban J connectivity index is 1.24. The molecule has 2 N–H and O–H groups in total. The van der Waals surface area contributed by atoms with E-state index in [4.69, 9.17) is 85.3 Å². The van der Waals surface area contributed by atoms with Gasteiger partial charge in [0.15, 0.2) is 67.9 Å². The van der Waals surface area contributed by atoms with Crippen LogP contribution in [0.3, 0.4) is 0 Å². The number of carbonyl (C=O) groups excluding carboxylic acids is 12. The molecule has 4 fully saturated rings. The lowest BCUT2D eigenvalue weighted by atomic mass is 9.93. The molecule has 5 aliphatic heterocycles. The molecule has 0 radical (unpaired) electrons. The molecule has 5 aliphatic rings. The molecule has 5 heterocycles. The normalized spacial score (nSPS) is 30.4. The standard InChI is InChI=1S/C67H82N2O31/c1-30(70)68-48-54(100-65-59(94-38(9)78)57(92-36(7)76)53(89-33(4)73)47(98-65)29-87-66(82)67(10,11)12)50(79)44(95-62(48)83-13)27-86-63-49(69-60(80)42-20-16-17-21-43(42)61(69)81)55(90-34(5)74)51(45(96-63)26-84-25-39-22-23-40-18-14-15-19-41(40)24-39)99-64-58(93-37(8)77)56(91-35(6)75)52(88-32(3)72)46(97-64)28-85-31(2)71/h14-24,44-59,62-65,79H,25-29H2,1-13H3,(H,68,70)/t44-,45-,46-,47-,48-,49-,50+,51-,52+,53+,54-,55-,56+,57+,58-,59-,62+,63-,64+,65+/m1/s1. The van der Waals surface area contributed by atoms with Gasteiger partial charge in [-0.05, 0) is 55.3 Å². The molecule has 0 spiro atoms. The molecule has 33 heteroatoms. The number of aliphatic hydroxyl groups excluding tert-OH is 1. The van der Waals surface area contributed by atoms with E-state index in [9.17, 15) is 53.1 Å². The summed E-state index contributed by atoms with van der Waals surface area (Å²) in [6.45, 7) is 10.8. The van der Waals surface area contributed by atoms with Gasteiger partial charge in [-0.2, -0.15) is 0 Å². The van der Waals surface area contributed by atoms with Crippen molar-refractivity contribution in [2.45, 2.75) is 212 Å². The predicted octanol–water partition coefficient (Wildman–Crippen LogP) is 1.89. The number of benzene rings is 3. The molecule has 0 aliphatic carbocycles. The van der Waals surface area contributed by atoms with E-state index in [-0.39, 0.29) is 17.7 Å². The fourth-order valence-corrected chi connectivity index (χ4v) is 12.1. The van der Waals surface area contributed by atoms with Crippen LogP contribution in [0.5, 0.6) is 0 Å². The molecule has 0 saturated carbocycles. The van der Waals surface area contributed by atoms with Gasteiger partial charge in [-0.1, -0.05) is 48.5 Å². The van der Waals surface area contributed by atoms with Crippen molar-refractivity contribution in [3.63, 3.8) is 0 Å². The van der Waals surface area contributed by atoms with Gasteiger partial charge in [-0.15, -0.1) is 0 Å². The maximum absolute atomic E-state index is 15.0. The zero-order valence-corrected chi connectivity index (χ0v) is 57.1. The molecule has 3 aromatic carbocycles. The van der Waals surface area contributed by atoms with Crippen LogP contribution in [-0.4, -0.2) is 238 Å². The summed E-state index contributed by atoms with van der Waals surface area (Å²) >= 11 is 0. The number of carbonyl (C=O) groups is 12. The van der Waals surface area contributed by atoms with E-state index < -0.39 is 226 Å². The van der Waals surface area contributed by atoms with Gasteiger partial charge in [0.05, 0.1) is 36.4 Å². The third-order valence-electron chi connectivity index (χ3n) is 16.1. The highest BCUT2D eigenvalue weighted by Gasteiger charge is 2.62. The number of nitrogens with one attached hydrogen (secondary N) is 1. The summed E-state index contributed by atoms with van der Waals surface area (Å²) in [7, 11) is 1.16. The predicted molar refractivity (Wildman–Crippen MR) is 331 cm³/mol. The Bertz CT molecular complexity index is 3480. The van der Waals surface area contributed by atoms with Gasteiger partial charge in [0.1, 0.15) is 68.0 Å². The first-order chi connectivity index (χ1) is 47.2. The number of hydrogen-bond acceptors (Lipinski definition) is 31. The highest BCUT2D eigenvalue weighted by Crippen LogP contribution is 2.41. The average molecular weight is 1410 g/mol. The van der Waals surface area contributed by atoms with Crippen LogP contribution in [0, 0.1) is 5.41 Å². The van der Waals surface area contributed by atoms with Crippen molar-refractivity contribution in [3.05, 3.63) is 83.4 Å². The number of amides is 3. The van der Waals surface area contributed by atoms with Crippen LogP contribution in [-0.2, 0) is 140 Å². The van der Waals surface area contributed by atoms with Gasteiger partial charge in [0.2, 0.25) is 5.91 Å². The van der Waals surface area contributed by atoms with Gasteiger partial charge in [-0.3, -0.25) is 62.4 Å². The lowest BCUT2D eigenvalue weighted by Gasteiger charge is -2.51. The zero-order chi connectivity index (χ0) is 73.2. The number of hydrogen-bond donors (Lipinski definition) is 2. The molecule has 100 heavy (non-hydrogen) atoms. The van der Waals surface area contributed by atoms with Crippen molar-refractivity contribution in [3.8, 4) is 0 Å². The minimum absolute atomic E-state index is 0.134. The Morgan fingerprint density at radius 3 is 1.40 bits per heavy atom. The van der Waals surface area contributed by atoms with E-state index in [0.717, 1.165) is 80.2 Å². The second-order valence-corrected chi connectivity index (χ2v) is 25.0. The third kappa shape index (κ3) is 19.1. The first-order valence-electron chi connectivity index (χ1n) is 31.8. The van der Waals surface area contributed by atoms with Crippen molar-refractivity contribution in [2.24, 2.45) is 5.41 Å². The monoisotopic (exact) mass is 1410 g/mol. The number of imide groups is 1. The number of methoxy groups -OCH3 is 1. The molecule has 33 nitrogen and oxygen atoms in total. The summed E-state index contributed by atoms with van der Waals surface area (Å²) in [4.78, 5) is 161. The molecule has 8 rings (SSSR count). The SMILES string of the molecule is CO[C@H]1O[C@H](CO[C@@H]2O[C@H](COCc3ccc4ccccc4c3)[C@@H](O[C@@H]3O[C@H](COC(C)=O)[C@H](OC(C)=O)[C@H](OC(C)=O)[C@H]3OC(C)=O)[C@H](OC(C)=O)[C@H]2N2C(=O)c3ccccc3C2=O)[C@H](O)[C@H](O[C@@H]2O[C@H](COC(=O)C(C)(C)C)[C@H](OC(C)=O)[C@H](OC(C)=O)[C@H]2OC(C)=O)[C@H]1NC(C)=O. The van der Waals surface area contributed by atoms with Crippen LogP contribution < -0.4 is 5.32 Å². The second kappa shape index (κ2) is 33.7. The molecular weight excluding hydrogens is 1330 g/mol. The van der Waals surface area contributed by atoms with Gasteiger partial charge < -0.3 is 95.7 Å². The number of esters is 9. The van der Waals surface area contributed by atoms with Crippen molar-refractivity contribution >= 4 is 82.2 Å². The summed E-state index contributed by atoms with van der Waals surface area (Å²) in [5, 5.41) is 17.1. The highest BCUT2D eigenvalue weighted by atomic mass is 16.8. The molecule has 0 aromatic heterocycles. The Labute approximate surface area is 573 Å². The molecular formula is C67H82N2O31. The first-order valence-corrected chi connectivity index (χ1v) is 31.8. The molecule has 3 amide bonds. The largest absolute Gasteiger partial charge is 0.463 e. The van der Waals surface area contributed by atoms with Crippen LogP contribution in [0.1, 0.15) is 109 Å². The zero-order valence-electron chi connectivity index (χ0n) is 57.1. The fourth-order valence-electron chi connectivity index (χ4n) is 12.1. The molecule has 0 unspecified atom stereocenters. The minimum Gasteiger partial charge on any atom is -0.463 e. The Morgan fingerprint density at radius 1 is 0.470 bits per heavy atom. The highest BCUT2D eigenvalue weighted by molar-refractivity contribution is 6.21. The van der Waals surface area contributed by atoms with E-state index in [2.05, 4.69) is 5.32 Å². The fraction of sp³-hybridized carbons (Fsp3) is 0.582. The van der Waals surface area contributed by atoms with Gasteiger partial charge in [0.25, 0.3) is 11.8 Å². The maximum Gasteiger partial charge on any atom is 0.311 e. The summed E-state index contributed by atoms with van der Waals surface area (Å²) in [5.41, 5.74) is -0.725. The lowest BCUT2D eigenvalue weighted by Crippen LogP contribution is -2.70. The maximum atomic E-state index is 15.0. The van der Waals surface area contributed by atoms with Crippen LogP contribution in [0.15, 0.2) is 66.7 Å². The Kier molecular flexibility index (Phi) is 26.0. The quantitative estimate of drug-likeness (QED) is 0.0695. The minimum atomic E-state index is -2.06. The molecule has 20 atom stereocenters. The van der Waals surface area contributed by atoms with Gasteiger partial charge in [0, 0.05) is 69.4 Å². The number of rotatable bonds is 25. The topological polar surface area (TPSA) is 406 Å². The molecule has 4 saturated heterocycles. The smallest absolute Gasteiger partial charge is 0.311 e. The van der Waals surface area contributed by atoms with Crippen molar-refractivity contribution in [2.75, 3.05) is 33.5 Å². The summed E-state index contributed by atoms with van der Waals surface area (Å²) in [5.74, 6) is -11.3. The van der Waals surface area contributed by atoms with Crippen molar-refractivity contribution < 1.29 is 148 Å². The number of fused-ring (bicyclic) bond motifs is 2. The van der Waals surface area contributed by atoms with Gasteiger partial charge in [-0.25, -0.2) is 0 Å². The summed E-state index contributed by atoms with van der Waals surface area (Å²) in [6, 6.07) is 15.1. The lowest BCUT2D eigenvalue weighted by molar-refractivity contribution is -0.361. The summed E-state index contributed by atoms with van der Waals surface area (Å²) < 4.78 is 109. The number of ether oxygens (including phenoxy) is 18. The molecule has 3 aromatic rings. The summed E-state index contributed by atoms with van der Waals surface area (Å²) in [6.07, 6.45) is -32.8. The van der Waals surface area contributed by atoms with E-state index in [0.29, 0.717) is 10.5 Å². The van der Waals surface area contributed by atoms with Gasteiger partial charge >= 0.3 is 53.7 Å². The average Bonchev–Trinajstić information content (AvgIpc) is 1.31. The van der Waals surface area contributed by atoms with E-state index in [1.165, 1.54) is 24.3 Å². The van der Waals surface area contributed by atoms with E-state index >= 15 is 9.59 Å². The second-order valence-electron chi connectivity index (χ2n) is 25.0. The third-order valence-corrected chi connectivity index (χ3v) is 16.1. The van der Waals surface area contributed by atoms with Crippen LogP contribution in [0.25, 0.3) is 10.8 Å². The van der Waals surface area contributed by atoms with Crippen LogP contribution in [0.2, 0.25) is 0 Å². The molecule has 546 valence electrons.